The fraction of sp³-hybridized carbons (Fsp3) is 0.0455. The Balaban J connectivity index is 1.86. The second kappa shape index (κ2) is 9.19. The number of nitro benzene ring substituents is 2. The molecule has 0 atom stereocenters. The van der Waals surface area contributed by atoms with Crippen molar-refractivity contribution in [2.75, 3.05) is 0 Å². The highest BCUT2D eigenvalue weighted by Crippen LogP contribution is 2.38. The number of nitrogens with zero attached hydrogens (tertiary/aromatic N) is 3. The highest BCUT2D eigenvalue weighted by atomic mass is 19.4. The van der Waals surface area contributed by atoms with Gasteiger partial charge in [-0.3, -0.25) is 20.2 Å². The first kappa shape index (κ1) is 23.0. The molecule has 0 fully saturated rings. The molecule has 0 saturated carbocycles. The largest absolute Gasteiger partial charge is 0.450 e. The summed E-state index contributed by atoms with van der Waals surface area (Å²) >= 11 is 0. The Morgan fingerprint density at radius 2 is 1.67 bits per heavy atom. The molecule has 3 aromatic carbocycles. The van der Waals surface area contributed by atoms with E-state index in [9.17, 15) is 38.7 Å². The minimum atomic E-state index is -4.74. The van der Waals surface area contributed by atoms with E-state index < -0.39 is 27.3 Å². The van der Waals surface area contributed by atoms with E-state index in [0.717, 1.165) is 6.07 Å². The van der Waals surface area contributed by atoms with E-state index in [1.807, 2.05) is 6.07 Å². The van der Waals surface area contributed by atoms with Crippen molar-refractivity contribution in [2.24, 2.45) is 0 Å². The molecule has 0 spiro atoms. The summed E-state index contributed by atoms with van der Waals surface area (Å²) in [5.41, 5.74) is -1.17. The number of nitro groups is 2. The SMILES string of the molecule is N#CC(=Cc1ccc(Oc2ccc(C(F)(F)F)cc2[N+](=O)[O-])cc1)c1cccc([N+](=O)[O-])c1. The summed E-state index contributed by atoms with van der Waals surface area (Å²) in [6.07, 6.45) is -3.27. The van der Waals surface area contributed by atoms with Crippen LogP contribution in [-0.2, 0) is 6.18 Å². The summed E-state index contributed by atoms with van der Waals surface area (Å²) in [6.45, 7) is 0. The molecular weight excluding hydrogens is 443 g/mol. The standard InChI is InChI=1S/C22H12F3N3O5/c23-22(24,25)17-6-9-21(20(12-17)28(31)32)33-19-7-4-14(5-8-19)10-16(13-26)15-2-1-3-18(11-15)27(29)30/h1-12H. The van der Waals surface area contributed by atoms with Gasteiger partial charge in [-0.2, -0.15) is 18.4 Å². The molecule has 0 aromatic heterocycles. The molecule has 3 rings (SSSR count). The van der Waals surface area contributed by atoms with Crippen LogP contribution in [0.1, 0.15) is 16.7 Å². The first-order valence-corrected chi connectivity index (χ1v) is 9.08. The Kier molecular flexibility index (Phi) is 6.39. The van der Waals surface area contributed by atoms with Crippen LogP contribution in [-0.4, -0.2) is 9.85 Å². The Bertz CT molecular complexity index is 1300. The van der Waals surface area contributed by atoms with Crippen LogP contribution >= 0.6 is 0 Å². The van der Waals surface area contributed by atoms with Gasteiger partial charge in [0, 0.05) is 18.2 Å². The zero-order valence-corrected chi connectivity index (χ0v) is 16.4. The quantitative estimate of drug-likeness (QED) is 0.184. The van der Waals surface area contributed by atoms with Crippen molar-refractivity contribution >= 4 is 23.0 Å². The number of benzene rings is 3. The highest BCUT2D eigenvalue weighted by molar-refractivity contribution is 5.90. The molecular formula is C22H12F3N3O5. The molecule has 8 nitrogen and oxygen atoms in total. The van der Waals surface area contributed by atoms with Crippen LogP contribution in [0, 0.1) is 31.6 Å². The molecule has 11 heteroatoms. The van der Waals surface area contributed by atoms with Crippen molar-refractivity contribution in [3.05, 3.63) is 104 Å². The maximum Gasteiger partial charge on any atom is 0.416 e. The third-order valence-corrected chi connectivity index (χ3v) is 4.39. The molecule has 0 aliphatic carbocycles. The van der Waals surface area contributed by atoms with Crippen molar-refractivity contribution in [3.8, 4) is 17.6 Å². The molecule has 33 heavy (non-hydrogen) atoms. The summed E-state index contributed by atoms with van der Waals surface area (Å²) < 4.78 is 43.9. The monoisotopic (exact) mass is 455 g/mol. The summed E-state index contributed by atoms with van der Waals surface area (Å²) in [7, 11) is 0. The average Bonchev–Trinajstić information content (AvgIpc) is 2.78. The molecule has 0 bridgehead atoms. The fourth-order valence-corrected chi connectivity index (χ4v) is 2.82. The molecule has 0 N–H and O–H groups in total. The van der Waals surface area contributed by atoms with Gasteiger partial charge in [-0.15, -0.1) is 0 Å². The third-order valence-electron chi connectivity index (χ3n) is 4.39. The Hall–Kier alpha value is -4.72. The van der Waals surface area contributed by atoms with E-state index in [0.29, 0.717) is 23.3 Å². The average molecular weight is 455 g/mol. The van der Waals surface area contributed by atoms with Gasteiger partial charge in [0.05, 0.1) is 27.1 Å². The minimum absolute atomic E-state index is 0.115. The second-order valence-corrected chi connectivity index (χ2v) is 6.59. The predicted molar refractivity (Wildman–Crippen MR) is 111 cm³/mol. The van der Waals surface area contributed by atoms with Gasteiger partial charge in [-0.05, 0) is 41.5 Å². The topological polar surface area (TPSA) is 119 Å². The molecule has 3 aromatic rings. The van der Waals surface area contributed by atoms with E-state index in [4.69, 9.17) is 4.74 Å². The van der Waals surface area contributed by atoms with Crippen LogP contribution in [0.2, 0.25) is 0 Å². The van der Waals surface area contributed by atoms with Gasteiger partial charge in [-0.25, -0.2) is 0 Å². The van der Waals surface area contributed by atoms with Gasteiger partial charge < -0.3 is 4.74 Å². The number of allylic oxidation sites excluding steroid dienone is 1. The third kappa shape index (κ3) is 5.50. The normalized spacial score (nSPS) is 11.5. The minimum Gasteiger partial charge on any atom is -0.450 e. The van der Waals surface area contributed by atoms with Gasteiger partial charge in [0.1, 0.15) is 5.75 Å². The number of hydrogen-bond donors (Lipinski definition) is 0. The number of nitriles is 1. The lowest BCUT2D eigenvalue weighted by Gasteiger charge is -2.10. The maximum absolute atomic E-state index is 12.8. The lowest BCUT2D eigenvalue weighted by Crippen LogP contribution is -2.06. The first-order valence-electron chi connectivity index (χ1n) is 9.08. The number of ether oxygens (including phenoxy) is 1. The maximum atomic E-state index is 12.8. The van der Waals surface area contributed by atoms with E-state index in [1.54, 1.807) is 6.07 Å². The van der Waals surface area contributed by atoms with Crippen LogP contribution in [0.25, 0.3) is 11.6 Å². The number of rotatable bonds is 6. The molecule has 0 aliphatic heterocycles. The lowest BCUT2D eigenvalue weighted by molar-refractivity contribution is -0.385. The van der Waals surface area contributed by atoms with Crippen LogP contribution in [0.3, 0.4) is 0 Å². The van der Waals surface area contributed by atoms with E-state index in [2.05, 4.69) is 0 Å². The van der Waals surface area contributed by atoms with Crippen molar-refractivity contribution in [3.63, 3.8) is 0 Å². The molecule has 0 saturated heterocycles. The van der Waals surface area contributed by atoms with Crippen LogP contribution < -0.4 is 4.74 Å². The van der Waals surface area contributed by atoms with Crippen LogP contribution in [0.15, 0.2) is 66.7 Å². The molecule has 0 amide bonds. The fourth-order valence-electron chi connectivity index (χ4n) is 2.82. The molecule has 0 heterocycles. The number of alkyl halides is 3. The van der Waals surface area contributed by atoms with E-state index in [-0.39, 0.29) is 22.8 Å². The number of non-ortho nitro benzene ring substituents is 1. The van der Waals surface area contributed by atoms with Gasteiger partial charge in [-0.1, -0.05) is 24.3 Å². The smallest absolute Gasteiger partial charge is 0.416 e. The zero-order valence-electron chi connectivity index (χ0n) is 16.4. The lowest BCUT2D eigenvalue weighted by atomic mass is 10.0. The highest BCUT2D eigenvalue weighted by Gasteiger charge is 2.33. The number of halogens is 3. The van der Waals surface area contributed by atoms with Gasteiger partial charge >= 0.3 is 11.9 Å². The van der Waals surface area contributed by atoms with Crippen molar-refractivity contribution in [2.45, 2.75) is 6.18 Å². The molecule has 0 unspecified atom stereocenters. The van der Waals surface area contributed by atoms with E-state index in [1.165, 1.54) is 48.5 Å². The van der Waals surface area contributed by atoms with Crippen LogP contribution in [0.5, 0.6) is 11.5 Å². The molecule has 166 valence electrons. The number of hydrogen-bond acceptors (Lipinski definition) is 6. The first-order chi connectivity index (χ1) is 15.6. The van der Waals surface area contributed by atoms with Crippen molar-refractivity contribution < 1.29 is 27.8 Å². The van der Waals surface area contributed by atoms with Gasteiger partial charge in [0.2, 0.25) is 5.75 Å². The predicted octanol–water partition coefficient (Wildman–Crippen LogP) is 6.38. The van der Waals surface area contributed by atoms with Crippen molar-refractivity contribution in [1.29, 1.82) is 5.26 Å². The summed E-state index contributed by atoms with van der Waals surface area (Å²) in [6, 6.07) is 15.3. The second-order valence-electron chi connectivity index (χ2n) is 6.59. The zero-order chi connectivity index (χ0) is 24.2. The van der Waals surface area contributed by atoms with Crippen molar-refractivity contribution in [1.82, 2.24) is 0 Å². The van der Waals surface area contributed by atoms with Gasteiger partial charge in [0.25, 0.3) is 5.69 Å². The van der Waals surface area contributed by atoms with E-state index >= 15 is 0 Å². The summed E-state index contributed by atoms with van der Waals surface area (Å²) in [4.78, 5) is 20.6. The Labute approximate surface area is 184 Å². The summed E-state index contributed by atoms with van der Waals surface area (Å²) in [5.74, 6) is -0.255. The Morgan fingerprint density at radius 3 is 2.24 bits per heavy atom. The summed E-state index contributed by atoms with van der Waals surface area (Å²) in [5, 5.41) is 31.5. The molecule has 0 aliphatic rings. The van der Waals surface area contributed by atoms with Crippen LogP contribution in [0.4, 0.5) is 24.5 Å². The Morgan fingerprint density at radius 1 is 0.970 bits per heavy atom. The molecule has 0 radical (unpaired) electrons. The van der Waals surface area contributed by atoms with Gasteiger partial charge in [0.15, 0.2) is 0 Å².